The van der Waals surface area contributed by atoms with Gasteiger partial charge in [0.1, 0.15) is 5.82 Å². The average molecular weight is 823 g/mol. The number of nitrogens with zero attached hydrogens (tertiary/aromatic N) is 4. The Morgan fingerprint density at radius 3 is 1.55 bits per heavy atom. The summed E-state index contributed by atoms with van der Waals surface area (Å²) in [5.74, 6) is 0.920. The molecular formula is C61H34N4. The van der Waals surface area contributed by atoms with Crippen LogP contribution in [-0.2, 0) is 0 Å². The van der Waals surface area contributed by atoms with Crippen LogP contribution in [0.4, 0.5) is 0 Å². The van der Waals surface area contributed by atoms with Crippen molar-refractivity contribution in [2.45, 2.75) is 0 Å². The minimum Gasteiger partial charge on any atom is -0.292 e. The van der Waals surface area contributed by atoms with Crippen LogP contribution in [0.25, 0.3) is 127 Å². The maximum Gasteiger partial charge on any atom is 0.145 e. The lowest BCUT2D eigenvalue weighted by Crippen LogP contribution is -1.97. The van der Waals surface area contributed by atoms with E-state index in [-0.39, 0.29) is 0 Å². The van der Waals surface area contributed by atoms with Gasteiger partial charge in [-0.1, -0.05) is 133 Å². The summed E-state index contributed by atoms with van der Waals surface area (Å²) in [5, 5.41) is 28.8. The largest absolute Gasteiger partial charge is 0.292 e. The predicted octanol–water partition coefficient (Wildman–Crippen LogP) is 15.7. The zero-order chi connectivity index (χ0) is 43.2. The highest BCUT2D eigenvalue weighted by Gasteiger charge is 2.26. The Morgan fingerprint density at radius 1 is 0.338 bits per heavy atom. The van der Waals surface area contributed by atoms with Crippen molar-refractivity contribution in [1.82, 2.24) is 9.55 Å². The van der Waals surface area contributed by atoms with Gasteiger partial charge in [0, 0.05) is 11.3 Å². The number of benzene rings is 11. The molecule has 0 radical (unpaired) electrons. The highest BCUT2D eigenvalue weighted by Crippen LogP contribution is 2.53. The second kappa shape index (κ2) is 14.2. The molecule has 0 saturated carbocycles. The fourth-order valence-corrected chi connectivity index (χ4v) is 10.4. The summed E-state index contributed by atoms with van der Waals surface area (Å²) in [4.78, 5) is 5.07. The number of aromatic nitrogens is 2. The van der Waals surface area contributed by atoms with Gasteiger partial charge in [0.05, 0.1) is 34.3 Å². The third-order valence-corrected chi connectivity index (χ3v) is 13.4. The Morgan fingerprint density at radius 2 is 0.846 bits per heavy atom. The first-order chi connectivity index (χ1) is 32.1. The number of hydrogen-bond acceptors (Lipinski definition) is 3. The van der Waals surface area contributed by atoms with E-state index in [1.54, 1.807) is 0 Å². The van der Waals surface area contributed by atoms with Crippen LogP contribution in [0.2, 0.25) is 0 Å². The van der Waals surface area contributed by atoms with Crippen LogP contribution in [0.3, 0.4) is 0 Å². The highest BCUT2D eigenvalue weighted by atomic mass is 15.1. The van der Waals surface area contributed by atoms with Crippen LogP contribution in [0, 0.1) is 22.7 Å². The van der Waals surface area contributed by atoms with Gasteiger partial charge >= 0.3 is 0 Å². The van der Waals surface area contributed by atoms with Gasteiger partial charge in [0.25, 0.3) is 0 Å². The zero-order valence-corrected chi connectivity index (χ0v) is 34.9. The second-order valence-corrected chi connectivity index (χ2v) is 16.9. The molecule has 0 bridgehead atoms. The van der Waals surface area contributed by atoms with E-state index in [0.29, 0.717) is 11.1 Å². The van der Waals surface area contributed by atoms with Crippen LogP contribution >= 0.6 is 0 Å². The number of rotatable bonds is 5. The van der Waals surface area contributed by atoms with Gasteiger partial charge < -0.3 is 0 Å². The summed E-state index contributed by atoms with van der Waals surface area (Å²) in [7, 11) is 0. The third kappa shape index (κ3) is 5.58. The lowest BCUT2D eigenvalue weighted by Gasteiger charge is -2.17. The molecule has 4 nitrogen and oxygen atoms in total. The van der Waals surface area contributed by atoms with Crippen LogP contribution in [-0.4, -0.2) is 9.55 Å². The zero-order valence-electron chi connectivity index (χ0n) is 34.9. The maximum absolute atomic E-state index is 9.70. The van der Waals surface area contributed by atoms with E-state index in [1.165, 1.54) is 60.1 Å². The number of fused-ring (bicyclic) bond motifs is 9. The van der Waals surface area contributed by atoms with Gasteiger partial charge in [-0.25, -0.2) is 4.98 Å². The number of para-hydroxylation sites is 2. The molecule has 1 aromatic heterocycles. The van der Waals surface area contributed by atoms with Crippen molar-refractivity contribution in [3.8, 4) is 84.8 Å². The van der Waals surface area contributed by atoms with E-state index in [4.69, 9.17) is 4.98 Å². The van der Waals surface area contributed by atoms with Crippen molar-refractivity contribution in [2.24, 2.45) is 0 Å². The number of nitriles is 2. The molecule has 0 spiro atoms. The number of imidazole rings is 1. The lowest BCUT2D eigenvalue weighted by molar-refractivity contribution is 1.10. The quantitative estimate of drug-likeness (QED) is 0.162. The van der Waals surface area contributed by atoms with Crippen molar-refractivity contribution in [1.29, 1.82) is 10.5 Å². The molecule has 0 saturated heterocycles. The Bertz CT molecular complexity index is 4030. The van der Waals surface area contributed by atoms with Crippen molar-refractivity contribution in [3.05, 3.63) is 217 Å². The van der Waals surface area contributed by atoms with Crippen molar-refractivity contribution < 1.29 is 0 Å². The molecule has 65 heavy (non-hydrogen) atoms. The smallest absolute Gasteiger partial charge is 0.145 e. The van der Waals surface area contributed by atoms with E-state index in [1.807, 2.05) is 36.4 Å². The highest BCUT2D eigenvalue weighted by molar-refractivity contribution is 6.27. The SMILES string of the molecule is N#Cc1ccc(-c2cc3c4cc5c(cc4c(-c4ccc(C#N)cc4)cc3c3ccccc23)-c2ccc(-c3ccc(-n4c(-c6ccccc6)nc6ccccc64)cc3)c3cccc-5c23)cc1. The first-order valence-electron chi connectivity index (χ1n) is 21.8. The molecule has 1 heterocycles. The van der Waals surface area contributed by atoms with Gasteiger partial charge in [-0.05, 0) is 172 Å². The molecule has 0 unspecified atom stereocenters. The molecule has 1 aliphatic carbocycles. The van der Waals surface area contributed by atoms with E-state index in [2.05, 4.69) is 187 Å². The minimum absolute atomic E-state index is 0.636. The van der Waals surface area contributed by atoms with Gasteiger partial charge in [-0.15, -0.1) is 0 Å². The predicted molar refractivity (Wildman–Crippen MR) is 267 cm³/mol. The first kappa shape index (κ1) is 36.6. The molecule has 298 valence electrons. The Balaban J connectivity index is 1.01. The van der Waals surface area contributed by atoms with Gasteiger partial charge in [0.2, 0.25) is 0 Å². The fourth-order valence-electron chi connectivity index (χ4n) is 10.4. The Kier molecular flexibility index (Phi) is 8.00. The van der Waals surface area contributed by atoms with E-state index < -0.39 is 0 Å². The third-order valence-electron chi connectivity index (χ3n) is 13.4. The molecule has 0 aliphatic heterocycles. The fraction of sp³-hybridized carbons (Fsp3) is 0. The second-order valence-electron chi connectivity index (χ2n) is 16.9. The molecule has 12 aromatic rings. The van der Waals surface area contributed by atoms with Crippen LogP contribution in [0.1, 0.15) is 11.1 Å². The summed E-state index contributed by atoms with van der Waals surface area (Å²) >= 11 is 0. The molecule has 11 aromatic carbocycles. The molecule has 0 fully saturated rings. The van der Waals surface area contributed by atoms with E-state index in [0.717, 1.165) is 66.7 Å². The molecular weight excluding hydrogens is 789 g/mol. The van der Waals surface area contributed by atoms with Crippen LogP contribution < -0.4 is 0 Å². The molecule has 0 atom stereocenters. The average Bonchev–Trinajstić information content (AvgIpc) is 3.92. The molecule has 1 aliphatic rings. The first-order valence-corrected chi connectivity index (χ1v) is 21.8. The van der Waals surface area contributed by atoms with E-state index >= 15 is 0 Å². The minimum atomic E-state index is 0.636. The van der Waals surface area contributed by atoms with Crippen molar-refractivity contribution >= 4 is 54.1 Å². The molecule has 4 heteroatoms. The normalized spacial score (nSPS) is 11.7. The summed E-state index contributed by atoms with van der Waals surface area (Å²) < 4.78 is 2.26. The molecule has 0 N–H and O–H groups in total. The molecule has 0 amide bonds. The van der Waals surface area contributed by atoms with E-state index in [9.17, 15) is 10.5 Å². The standard InChI is InChI=1S/C61H34N4/c62-35-37-17-21-40(22-18-37)50-31-56-52(46-12-5-4-11-45(46)50)32-51(41-23-19-38(36-63)20-24-41)55-33-54-49-30-29-44(47-13-8-14-48(60(47)49)53(54)34-57(55)56)39-25-27-43(28-26-39)65-59-16-7-6-15-58(59)64-61(65)42-9-2-1-3-10-42/h1-34H. The topological polar surface area (TPSA) is 65.4 Å². The monoisotopic (exact) mass is 822 g/mol. The Hall–Kier alpha value is -9.09. The summed E-state index contributed by atoms with van der Waals surface area (Å²) in [6.07, 6.45) is 0. The summed E-state index contributed by atoms with van der Waals surface area (Å²) in [6, 6.07) is 77.6. The summed E-state index contributed by atoms with van der Waals surface area (Å²) in [5.41, 5.74) is 17.1. The summed E-state index contributed by atoms with van der Waals surface area (Å²) in [6.45, 7) is 0. The maximum atomic E-state index is 9.70. The van der Waals surface area contributed by atoms with Crippen molar-refractivity contribution in [2.75, 3.05) is 0 Å². The van der Waals surface area contributed by atoms with Crippen molar-refractivity contribution in [3.63, 3.8) is 0 Å². The van der Waals surface area contributed by atoms with Crippen LogP contribution in [0.15, 0.2) is 206 Å². The van der Waals surface area contributed by atoms with Crippen LogP contribution in [0.5, 0.6) is 0 Å². The molecule has 13 rings (SSSR count). The Labute approximate surface area is 374 Å². The van der Waals surface area contributed by atoms with Gasteiger partial charge in [-0.2, -0.15) is 10.5 Å². The van der Waals surface area contributed by atoms with Gasteiger partial charge in [0.15, 0.2) is 0 Å². The number of hydrogen-bond donors (Lipinski definition) is 0. The van der Waals surface area contributed by atoms with Gasteiger partial charge in [-0.3, -0.25) is 4.57 Å². The lowest BCUT2D eigenvalue weighted by atomic mass is 9.86.